The van der Waals surface area contributed by atoms with Gasteiger partial charge in [0.2, 0.25) is 0 Å². The molecule has 2 aliphatic rings. The molecule has 1 aliphatic heterocycles. The van der Waals surface area contributed by atoms with Gasteiger partial charge in [-0.25, -0.2) is 0 Å². The van der Waals surface area contributed by atoms with Crippen molar-refractivity contribution >= 4 is 5.97 Å². The molecule has 0 aromatic carbocycles. The maximum absolute atomic E-state index is 11.9. The number of carboxylic acid groups (broad SMARTS) is 1. The number of aliphatic carboxylic acids is 1. The zero-order chi connectivity index (χ0) is 13.3. The molecule has 0 spiro atoms. The van der Waals surface area contributed by atoms with Crippen LogP contribution in [0.3, 0.4) is 0 Å². The van der Waals surface area contributed by atoms with Gasteiger partial charge in [-0.3, -0.25) is 9.69 Å². The molecule has 3 atom stereocenters. The molecule has 1 N–H and O–H groups in total. The second-order valence-electron chi connectivity index (χ2n) is 6.32. The molecule has 1 saturated carbocycles. The number of nitrogens with zero attached hydrogens (tertiary/aromatic N) is 2. The number of rotatable bonds is 2. The SMILES string of the molecule is CC1CCC(C(=O)O)(N2CCN(C)CC2)CC1C. The molecule has 0 amide bonds. The third-order valence-corrected chi connectivity index (χ3v) is 5.15. The minimum absolute atomic E-state index is 0.509. The summed E-state index contributed by atoms with van der Waals surface area (Å²) >= 11 is 0. The van der Waals surface area contributed by atoms with E-state index >= 15 is 0 Å². The molecular formula is C14H26N2O2. The smallest absolute Gasteiger partial charge is 0.324 e. The molecule has 4 heteroatoms. The maximum atomic E-state index is 11.9. The fraction of sp³-hybridized carbons (Fsp3) is 0.929. The van der Waals surface area contributed by atoms with E-state index in [9.17, 15) is 9.90 Å². The molecule has 104 valence electrons. The van der Waals surface area contributed by atoms with E-state index in [1.165, 1.54) is 0 Å². The van der Waals surface area contributed by atoms with E-state index in [1.807, 2.05) is 0 Å². The van der Waals surface area contributed by atoms with Crippen molar-refractivity contribution in [1.29, 1.82) is 0 Å². The average Bonchev–Trinajstić information content (AvgIpc) is 2.33. The third kappa shape index (κ3) is 2.41. The van der Waals surface area contributed by atoms with Crippen LogP contribution in [0.1, 0.15) is 33.1 Å². The standard InChI is InChI=1S/C14H26N2O2/c1-11-4-5-14(13(17)18,10-12(11)2)16-8-6-15(3)7-9-16/h11-12H,4-10H2,1-3H3,(H,17,18). The van der Waals surface area contributed by atoms with Crippen molar-refractivity contribution in [3.63, 3.8) is 0 Å². The molecule has 1 aliphatic carbocycles. The summed E-state index contributed by atoms with van der Waals surface area (Å²) < 4.78 is 0. The average molecular weight is 254 g/mol. The molecule has 18 heavy (non-hydrogen) atoms. The summed E-state index contributed by atoms with van der Waals surface area (Å²) in [6.07, 6.45) is 2.67. The van der Waals surface area contributed by atoms with Crippen LogP contribution in [-0.4, -0.2) is 59.6 Å². The molecule has 2 fully saturated rings. The number of piperazine rings is 1. The maximum Gasteiger partial charge on any atom is 0.324 e. The number of carboxylic acids is 1. The predicted molar refractivity (Wildman–Crippen MR) is 71.6 cm³/mol. The highest BCUT2D eigenvalue weighted by Crippen LogP contribution is 2.40. The van der Waals surface area contributed by atoms with Crippen molar-refractivity contribution in [1.82, 2.24) is 9.80 Å². The molecule has 1 saturated heterocycles. The topological polar surface area (TPSA) is 43.8 Å². The highest BCUT2D eigenvalue weighted by Gasteiger charge is 2.48. The van der Waals surface area contributed by atoms with Crippen molar-refractivity contribution in [2.45, 2.75) is 38.6 Å². The normalized spacial score (nSPS) is 39.7. The van der Waals surface area contributed by atoms with Crippen molar-refractivity contribution < 1.29 is 9.90 Å². The molecular weight excluding hydrogens is 228 g/mol. The summed E-state index contributed by atoms with van der Waals surface area (Å²) in [6, 6.07) is 0. The Bertz CT molecular complexity index is 313. The van der Waals surface area contributed by atoms with Crippen LogP contribution in [0.15, 0.2) is 0 Å². The predicted octanol–water partition coefficient (Wildman–Crippen LogP) is 1.51. The summed E-state index contributed by atoms with van der Waals surface area (Å²) in [4.78, 5) is 16.4. The molecule has 0 aromatic rings. The summed E-state index contributed by atoms with van der Waals surface area (Å²) in [5.74, 6) is 0.560. The number of hydrogen-bond donors (Lipinski definition) is 1. The van der Waals surface area contributed by atoms with Gasteiger partial charge in [-0.1, -0.05) is 13.8 Å². The summed E-state index contributed by atoms with van der Waals surface area (Å²) in [5, 5.41) is 9.76. The van der Waals surface area contributed by atoms with Crippen LogP contribution in [-0.2, 0) is 4.79 Å². The molecule has 0 aromatic heterocycles. The number of likely N-dealkylation sites (N-methyl/N-ethyl adjacent to an activating group) is 1. The zero-order valence-corrected chi connectivity index (χ0v) is 11.9. The fourth-order valence-electron chi connectivity index (χ4n) is 3.44. The monoisotopic (exact) mass is 254 g/mol. The summed E-state index contributed by atoms with van der Waals surface area (Å²) in [7, 11) is 2.11. The second kappa shape index (κ2) is 5.17. The van der Waals surface area contributed by atoms with Crippen molar-refractivity contribution in [3.05, 3.63) is 0 Å². The van der Waals surface area contributed by atoms with Gasteiger partial charge in [-0.05, 0) is 38.1 Å². The molecule has 4 nitrogen and oxygen atoms in total. The quantitative estimate of drug-likeness (QED) is 0.811. The highest BCUT2D eigenvalue weighted by atomic mass is 16.4. The lowest BCUT2D eigenvalue weighted by Crippen LogP contribution is -2.62. The van der Waals surface area contributed by atoms with Crippen molar-refractivity contribution in [2.24, 2.45) is 11.8 Å². The fourth-order valence-corrected chi connectivity index (χ4v) is 3.44. The second-order valence-corrected chi connectivity index (χ2v) is 6.32. The van der Waals surface area contributed by atoms with E-state index in [0.717, 1.165) is 45.4 Å². The summed E-state index contributed by atoms with van der Waals surface area (Å²) in [5.41, 5.74) is -0.590. The van der Waals surface area contributed by atoms with Crippen LogP contribution in [0.4, 0.5) is 0 Å². The van der Waals surface area contributed by atoms with E-state index in [2.05, 4.69) is 30.7 Å². The van der Waals surface area contributed by atoms with Gasteiger partial charge >= 0.3 is 5.97 Å². The zero-order valence-electron chi connectivity index (χ0n) is 11.9. The van der Waals surface area contributed by atoms with Crippen LogP contribution in [0.25, 0.3) is 0 Å². The van der Waals surface area contributed by atoms with Crippen molar-refractivity contribution in [3.8, 4) is 0 Å². The van der Waals surface area contributed by atoms with Crippen LogP contribution < -0.4 is 0 Å². The largest absolute Gasteiger partial charge is 0.480 e. The van der Waals surface area contributed by atoms with E-state index in [1.54, 1.807) is 0 Å². The molecule has 0 bridgehead atoms. The van der Waals surface area contributed by atoms with Gasteiger partial charge in [0.05, 0.1) is 0 Å². The Morgan fingerprint density at radius 2 is 1.78 bits per heavy atom. The minimum atomic E-state index is -0.606. The first-order valence-electron chi connectivity index (χ1n) is 7.13. The first-order chi connectivity index (χ1) is 8.45. The molecule has 2 rings (SSSR count). The molecule has 3 unspecified atom stereocenters. The Labute approximate surface area is 110 Å². The van der Waals surface area contributed by atoms with Gasteiger partial charge in [0.15, 0.2) is 0 Å². The van der Waals surface area contributed by atoms with E-state index in [4.69, 9.17) is 0 Å². The highest BCUT2D eigenvalue weighted by molar-refractivity contribution is 5.79. The minimum Gasteiger partial charge on any atom is -0.480 e. The van der Waals surface area contributed by atoms with Gasteiger partial charge < -0.3 is 10.0 Å². The van der Waals surface area contributed by atoms with Gasteiger partial charge in [0, 0.05) is 26.2 Å². The first-order valence-corrected chi connectivity index (χ1v) is 7.13. The van der Waals surface area contributed by atoms with Gasteiger partial charge in [0.25, 0.3) is 0 Å². The van der Waals surface area contributed by atoms with Gasteiger partial charge in [0.1, 0.15) is 5.54 Å². The Morgan fingerprint density at radius 1 is 1.17 bits per heavy atom. The summed E-state index contributed by atoms with van der Waals surface area (Å²) in [6.45, 7) is 8.21. The van der Waals surface area contributed by atoms with Crippen molar-refractivity contribution in [2.75, 3.05) is 33.2 Å². The van der Waals surface area contributed by atoms with Crippen LogP contribution in [0, 0.1) is 11.8 Å². The lowest BCUT2D eigenvalue weighted by Gasteiger charge is -2.49. The van der Waals surface area contributed by atoms with Crippen LogP contribution in [0.2, 0.25) is 0 Å². The Kier molecular flexibility index (Phi) is 3.97. The lowest BCUT2D eigenvalue weighted by molar-refractivity contribution is -0.158. The number of hydrogen-bond acceptors (Lipinski definition) is 3. The Morgan fingerprint density at radius 3 is 2.28 bits per heavy atom. The van der Waals surface area contributed by atoms with Crippen LogP contribution in [0.5, 0.6) is 0 Å². The lowest BCUT2D eigenvalue weighted by atomic mass is 9.70. The van der Waals surface area contributed by atoms with Gasteiger partial charge in [-0.15, -0.1) is 0 Å². The Hall–Kier alpha value is -0.610. The molecule has 0 radical (unpaired) electrons. The first kappa shape index (κ1) is 13.8. The van der Waals surface area contributed by atoms with E-state index < -0.39 is 11.5 Å². The van der Waals surface area contributed by atoms with Crippen LogP contribution >= 0.6 is 0 Å². The van der Waals surface area contributed by atoms with Gasteiger partial charge in [-0.2, -0.15) is 0 Å². The Balaban J connectivity index is 2.15. The van der Waals surface area contributed by atoms with E-state index in [-0.39, 0.29) is 0 Å². The molecule has 1 heterocycles. The van der Waals surface area contributed by atoms with E-state index in [0.29, 0.717) is 11.8 Å². The number of carbonyl (C=O) groups is 1. The third-order valence-electron chi connectivity index (χ3n) is 5.15.